The number of nitrogens with zero attached hydrogens (tertiary/aromatic N) is 1. The van der Waals surface area contributed by atoms with Crippen LogP contribution in [0.15, 0.2) is 66.7 Å². The summed E-state index contributed by atoms with van der Waals surface area (Å²) in [5.41, 5.74) is 1.79. The molecule has 40 heavy (non-hydrogen) atoms. The Balaban J connectivity index is 1.60. The fraction of sp³-hybridized carbons (Fsp3) is 0.333. The van der Waals surface area contributed by atoms with E-state index in [0.717, 1.165) is 11.1 Å². The average molecular weight is 591 g/mol. The van der Waals surface area contributed by atoms with Gasteiger partial charge >= 0.3 is 12.1 Å². The van der Waals surface area contributed by atoms with Crippen molar-refractivity contribution in [3.8, 4) is 17.2 Å². The summed E-state index contributed by atoms with van der Waals surface area (Å²) in [6, 6.07) is 19.4. The van der Waals surface area contributed by atoms with Crippen molar-refractivity contribution in [3.05, 3.63) is 87.9 Å². The second-order valence-electron chi connectivity index (χ2n) is 8.89. The lowest BCUT2D eigenvalue weighted by molar-refractivity contribution is -0.149. The van der Waals surface area contributed by atoms with Crippen LogP contribution in [0.4, 0.5) is 4.79 Å². The van der Waals surface area contributed by atoms with Crippen LogP contribution >= 0.6 is 23.2 Å². The predicted octanol–water partition coefficient (Wildman–Crippen LogP) is 6.55. The van der Waals surface area contributed by atoms with E-state index in [2.05, 4.69) is 0 Å². The van der Waals surface area contributed by atoms with Gasteiger partial charge in [-0.2, -0.15) is 0 Å². The van der Waals surface area contributed by atoms with Gasteiger partial charge in [-0.25, -0.2) is 9.59 Å². The zero-order chi connectivity index (χ0) is 28.9. The van der Waals surface area contributed by atoms with E-state index in [-0.39, 0.29) is 19.6 Å². The Hall–Kier alpha value is -3.46. The summed E-state index contributed by atoms with van der Waals surface area (Å²) in [6.07, 6.45) is 0.176. The lowest BCUT2D eigenvalue weighted by Gasteiger charge is -2.22. The van der Waals surface area contributed by atoms with Crippen LogP contribution in [0, 0.1) is 0 Å². The van der Waals surface area contributed by atoms with E-state index in [1.807, 2.05) is 12.1 Å². The molecule has 0 aromatic heterocycles. The maximum absolute atomic E-state index is 13.1. The number of ether oxygens (including phenoxy) is 4. The molecule has 214 valence electrons. The van der Waals surface area contributed by atoms with Gasteiger partial charge in [-0.05, 0) is 73.4 Å². The van der Waals surface area contributed by atoms with Gasteiger partial charge in [-0.15, -0.1) is 0 Å². The van der Waals surface area contributed by atoms with Crippen LogP contribution in [0.1, 0.15) is 24.5 Å². The Morgan fingerprint density at radius 1 is 0.900 bits per heavy atom. The first kappa shape index (κ1) is 31.1. The SMILES string of the molecule is CCOC(Cc1ccc(OCCN(CCCc2cc(Cl)cc(Cl)c2)C(=O)Oc2cccc(OC)c2)cc1)C(=O)O. The molecule has 1 amide bonds. The molecule has 0 aliphatic rings. The summed E-state index contributed by atoms with van der Waals surface area (Å²) in [4.78, 5) is 26.0. The fourth-order valence-corrected chi connectivity index (χ4v) is 4.55. The highest BCUT2D eigenvalue weighted by atomic mass is 35.5. The first-order valence-corrected chi connectivity index (χ1v) is 13.6. The Morgan fingerprint density at radius 3 is 2.25 bits per heavy atom. The molecule has 0 bridgehead atoms. The largest absolute Gasteiger partial charge is 0.497 e. The lowest BCUT2D eigenvalue weighted by atomic mass is 10.1. The number of carbonyl (C=O) groups is 2. The molecule has 0 aliphatic carbocycles. The van der Waals surface area contributed by atoms with Crippen molar-refractivity contribution in [2.45, 2.75) is 32.3 Å². The maximum Gasteiger partial charge on any atom is 0.415 e. The number of methoxy groups -OCH3 is 1. The molecule has 0 heterocycles. The molecule has 3 rings (SSSR count). The zero-order valence-electron chi connectivity index (χ0n) is 22.5. The van der Waals surface area contributed by atoms with Crippen LogP contribution < -0.4 is 14.2 Å². The molecule has 0 radical (unpaired) electrons. The summed E-state index contributed by atoms with van der Waals surface area (Å²) in [7, 11) is 1.54. The number of rotatable bonds is 15. The Kier molecular flexibility index (Phi) is 12.4. The highest BCUT2D eigenvalue weighted by Gasteiger charge is 2.19. The van der Waals surface area contributed by atoms with Gasteiger partial charge < -0.3 is 29.0 Å². The Bertz CT molecular complexity index is 1230. The van der Waals surface area contributed by atoms with E-state index in [0.29, 0.717) is 53.3 Å². The van der Waals surface area contributed by atoms with Gasteiger partial charge in [-0.1, -0.05) is 41.4 Å². The molecule has 0 fully saturated rings. The third-order valence-electron chi connectivity index (χ3n) is 5.94. The second kappa shape index (κ2) is 16.0. The molecule has 0 spiro atoms. The van der Waals surface area contributed by atoms with E-state index in [9.17, 15) is 14.7 Å². The molecule has 0 saturated carbocycles. The second-order valence-corrected chi connectivity index (χ2v) is 9.77. The number of halogens is 2. The molecule has 3 aromatic rings. The highest BCUT2D eigenvalue weighted by Crippen LogP contribution is 2.22. The van der Waals surface area contributed by atoms with Crippen LogP contribution in [0.2, 0.25) is 10.0 Å². The molecule has 0 saturated heterocycles. The van der Waals surface area contributed by atoms with Crippen molar-refractivity contribution in [2.24, 2.45) is 0 Å². The van der Waals surface area contributed by atoms with Gasteiger partial charge in [0.25, 0.3) is 0 Å². The van der Waals surface area contributed by atoms with Crippen molar-refractivity contribution in [1.82, 2.24) is 4.90 Å². The minimum atomic E-state index is -0.999. The summed E-state index contributed by atoms with van der Waals surface area (Å²) >= 11 is 12.2. The first-order chi connectivity index (χ1) is 19.3. The van der Waals surface area contributed by atoms with Gasteiger partial charge in [-0.3, -0.25) is 0 Å². The quantitative estimate of drug-likeness (QED) is 0.215. The number of hydrogen-bond donors (Lipinski definition) is 1. The molecular formula is C30H33Cl2NO7. The Morgan fingerprint density at radius 2 is 1.60 bits per heavy atom. The van der Waals surface area contributed by atoms with Gasteiger partial charge in [0.05, 0.1) is 13.7 Å². The third-order valence-corrected chi connectivity index (χ3v) is 6.37. The van der Waals surface area contributed by atoms with Crippen molar-refractivity contribution < 1.29 is 33.6 Å². The molecular weight excluding hydrogens is 557 g/mol. The number of benzene rings is 3. The van der Waals surface area contributed by atoms with E-state index in [4.69, 9.17) is 42.1 Å². The van der Waals surface area contributed by atoms with Gasteiger partial charge in [0.15, 0.2) is 6.10 Å². The molecule has 8 nitrogen and oxygen atoms in total. The number of hydrogen-bond acceptors (Lipinski definition) is 6. The molecule has 0 aliphatic heterocycles. The van der Waals surface area contributed by atoms with Crippen molar-refractivity contribution in [2.75, 3.05) is 33.4 Å². The molecule has 1 unspecified atom stereocenters. The monoisotopic (exact) mass is 589 g/mol. The van der Waals surface area contributed by atoms with Crippen LogP contribution in [0.5, 0.6) is 17.2 Å². The average Bonchev–Trinajstić information content (AvgIpc) is 2.92. The number of carboxylic acid groups (broad SMARTS) is 1. The van der Waals surface area contributed by atoms with Crippen molar-refractivity contribution >= 4 is 35.3 Å². The summed E-state index contributed by atoms with van der Waals surface area (Å²) in [6.45, 7) is 3.01. The van der Waals surface area contributed by atoms with Crippen molar-refractivity contribution in [3.63, 3.8) is 0 Å². The molecule has 1 atom stereocenters. The van der Waals surface area contributed by atoms with Crippen LogP contribution in [0.25, 0.3) is 0 Å². The van der Waals surface area contributed by atoms with E-state index in [1.165, 1.54) is 0 Å². The molecule has 3 aromatic carbocycles. The standard InChI is InChI=1S/C30H33Cl2NO7/c1-3-38-28(29(34)35)18-21-9-11-25(12-10-21)39-15-14-33(13-5-6-22-16-23(31)19-24(32)17-22)30(36)40-27-8-4-7-26(20-27)37-2/h4,7-12,16-17,19-20,28H,3,5-6,13-15,18H2,1-2H3,(H,34,35). The third kappa shape index (κ3) is 10.3. The minimum Gasteiger partial charge on any atom is -0.497 e. The first-order valence-electron chi connectivity index (χ1n) is 12.9. The normalized spacial score (nSPS) is 11.5. The summed E-state index contributed by atoms with van der Waals surface area (Å²) < 4.78 is 22.0. The number of amides is 1. The minimum absolute atomic E-state index is 0.228. The highest BCUT2D eigenvalue weighted by molar-refractivity contribution is 6.34. The predicted molar refractivity (Wildman–Crippen MR) is 154 cm³/mol. The summed E-state index contributed by atoms with van der Waals surface area (Å²) in [5, 5.41) is 10.4. The zero-order valence-corrected chi connectivity index (χ0v) is 24.0. The van der Waals surface area contributed by atoms with Crippen LogP contribution in [-0.2, 0) is 22.4 Å². The summed E-state index contributed by atoms with van der Waals surface area (Å²) in [5.74, 6) is 0.555. The topological polar surface area (TPSA) is 94.5 Å². The van der Waals surface area contributed by atoms with Gasteiger partial charge in [0, 0.05) is 35.7 Å². The number of carboxylic acids is 1. The number of aryl methyl sites for hydroxylation is 1. The fourth-order valence-electron chi connectivity index (χ4n) is 3.98. The van der Waals surface area contributed by atoms with Crippen LogP contribution in [0.3, 0.4) is 0 Å². The van der Waals surface area contributed by atoms with Crippen LogP contribution in [-0.4, -0.2) is 61.6 Å². The number of carbonyl (C=O) groups excluding carboxylic acids is 1. The van der Waals surface area contributed by atoms with E-state index >= 15 is 0 Å². The van der Waals surface area contributed by atoms with E-state index < -0.39 is 18.2 Å². The number of aliphatic carboxylic acids is 1. The Labute approximate surface area is 244 Å². The lowest BCUT2D eigenvalue weighted by Crippen LogP contribution is -2.37. The van der Waals surface area contributed by atoms with E-state index in [1.54, 1.807) is 73.5 Å². The maximum atomic E-state index is 13.1. The van der Waals surface area contributed by atoms with Gasteiger partial charge in [0.2, 0.25) is 0 Å². The smallest absolute Gasteiger partial charge is 0.415 e. The molecule has 10 heteroatoms. The molecule has 1 N–H and O–H groups in total. The van der Waals surface area contributed by atoms with Gasteiger partial charge in [0.1, 0.15) is 23.9 Å². The van der Waals surface area contributed by atoms with Crippen molar-refractivity contribution in [1.29, 1.82) is 0 Å².